The fraction of sp³-hybridized carbons (Fsp3) is 0.370. The van der Waals surface area contributed by atoms with Crippen molar-refractivity contribution in [3.8, 4) is 11.5 Å². The molecular formula is C27H29Cl2N5O2. The first kappa shape index (κ1) is 26.0. The molecule has 36 heavy (non-hydrogen) atoms. The highest BCUT2D eigenvalue weighted by Gasteiger charge is 2.26. The highest BCUT2D eigenvalue weighted by atomic mass is 35.5. The smallest absolute Gasteiger partial charge is 0.229 e. The molecule has 1 saturated heterocycles. The maximum absolute atomic E-state index is 7.56. The van der Waals surface area contributed by atoms with Gasteiger partial charge in [-0.25, -0.2) is 14.8 Å². The second-order valence-electron chi connectivity index (χ2n) is 8.98. The number of nitrogens with one attached hydrogen (secondary N) is 1. The highest BCUT2D eigenvalue weighted by molar-refractivity contribution is 6.32. The van der Waals surface area contributed by atoms with Crippen LogP contribution >= 0.6 is 23.2 Å². The third kappa shape index (κ3) is 6.01. The Kier molecular flexibility index (Phi) is 8.52. The Bertz CT molecular complexity index is 1220. The fourth-order valence-corrected chi connectivity index (χ4v) is 4.43. The second-order valence-corrected chi connectivity index (χ2v) is 9.76. The molecule has 1 aliphatic rings. The van der Waals surface area contributed by atoms with Crippen LogP contribution in [0.3, 0.4) is 0 Å². The third-order valence-corrected chi connectivity index (χ3v) is 6.69. The summed E-state index contributed by atoms with van der Waals surface area (Å²) in [5, 5.41) is 3.74. The third-order valence-electron chi connectivity index (χ3n) is 6.25. The number of anilines is 1. The summed E-state index contributed by atoms with van der Waals surface area (Å²) in [6, 6.07) is 13.5. The molecule has 0 amide bonds. The number of hydrogen-bond acceptors (Lipinski definition) is 6. The number of hydrogen-bond donors (Lipinski definition) is 1. The lowest BCUT2D eigenvalue weighted by molar-refractivity contribution is 0.301. The van der Waals surface area contributed by atoms with E-state index in [1.165, 1.54) is 0 Å². The van der Waals surface area contributed by atoms with Gasteiger partial charge >= 0.3 is 0 Å². The van der Waals surface area contributed by atoms with Gasteiger partial charge in [0.1, 0.15) is 18.1 Å². The van der Waals surface area contributed by atoms with Gasteiger partial charge in [0.25, 0.3) is 0 Å². The molecular weight excluding hydrogens is 497 g/mol. The van der Waals surface area contributed by atoms with Crippen LogP contribution in [0.4, 0.5) is 11.6 Å². The van der Waals surface area contributed by atoms with Gasteiger partial charge in [0.05, 0.1) is 29.8 Å². The molecule has 0 radical (unpaired) electrons. The molecule has 1 aromatic heterocycles. The summed E-state index contributed by atoms with van der Waals surface area (Å²) in [5.74, 6) is 2.19. The molecule has 188 valence electrons. The van der Waals surface area contributed by atoms with Gasteiger partial charge in [-0.2, -0.15) is 0 Å². The molecule has 0 aliphatic carbocycles. The van der Waals surface area contributed by atoms with Crippen LogP contribution in [0.15, 0.2) is 48.7 Å². The first-order valence-corrected chi connectivity index (χ1v) is 12.7. The van der Waals surface area contributed by atoms with Crippen LogP contribution in [0.25, 0.3) is 4.85 Å². The molecule has 0 unspecified atom stereocenters. The normalized spacial score (nSPS) is 13.8. The standard InChI is InChI=1S/C27H29Cl2N5O2/c1-27(2,20-16-23(29)25(35-15-9-28)24(17-20)30-3)19-4-6-22(7-5-19)36-18-21-8-10-32-26(33-21)34-13-11-31-12-14-34/h4-8,10,16-17,31H,9,11-15,18H2,1-2H3. The van der Waals surface area contributed by atoms with Crippen molar-refractivity contribution in [2.24, 2.45) is 0 Å². The van der Waals surface area contributed by atoms with Crippen molar-refractivity contribution >= 4 is 34.8 Å². The topological polar surface area (TPSA) is 63.9 Å². The molecule has 1 aliphatic heterocycles. The minimum atomic E-state index is -0.391. The summed E-state index contributed by atoms with van der Waals surface area (Å²) in [7, 11) is 0. The quantitative estimate of drug-likeness (QED) is 0.289. The van der Waals surface area contributed by atoms with Gasteiger partial charge in [-0.1, -0.05) is 37.6 Å². The van der Waals surface area contributed by atoms with Crippen LogP contribution in [0, 0.1) is 6.57 Å². The van der Waals surface area contributed by atoms with Crippen molar-refractivity contribution in [3.63, 3.8) is 0 Å². The molecule has 0 spiro atoms. The second kappa shape index (κ2) is 11.8. The minimum Gasteiger partial charge on any atom is -0.502 e. The molecule has 9 heteroatoms. The van der Waals surface area contributed by atoms with E-state index >= 15 is 0 Å². The van der Waals surface area contributed by atoms with E-state index in [-0.39, 0.29) is 0 Å². The molecule has 0 bridgehead atoms. The lowest BCUT2D eigenvalue weighted by atomic mass is 9.78. The van der Waals surface area contributed by atoms with E-state index in [1.54, 1.807) is 6.20 Å². The van der Waals surface area contributed by atoms with Crippen LogP contribution < -0.4 is 19.7 Å². The van der Waals surface area contributed by atoms with Crippen molar-refractivity contribution in [1.82, 2.24) is 15.3 Å². The average Bonchev–Trinajstić information content (AvgIpc) is 2.91. The van der Waals surface area contributed by atoms with Gasteiger partial charge in [0.15, 0.2) is 0 Å². The Morgan fingerprint density at radius 1 is 1.08 bits per heavy atom. The van der Waals surface area contributed by atoms with Gasteiger partial charge in [0.2, 0.25) is 11.6 Å². The van der Waals surface area contributed by atoms with Gasteiger partial charge in [-0.3, -0.25) is 0 Å². The molecule has 0 saturated carbocycles. The molecule has 1 fully saturated rings. The Hall–Kier alpha value is -3.05. The predicted octanol–water partition coefficient (Wildman–Crippen LogP) is 5.61. The van der Waals surface area contributed by atoms with E-state index in [2.05, 4.69) is 38.9 Å². The molecule has 4 rings (SSSR count). The summed E-state index contributed by atoms with van der Waals surface area (Å²) in [4.78, 5) is 14.9. The molecule has 2 aromatic carbocycles. The molecule has 7 nitrogen and oxygen atoms in total. The average molecular weight is 526 g/mol. The number of rotatable bonds is 9. The zero-order valence-electron chi connectivity index (χ0n) is 20.4. The fourth-order valence-electron chi connectivity index (χ4n) is 4.08. The number of benzene rings is 2. The van der Waals surface area contributed by atoms with E-state index in [1.807, 2.05) is 42.5 Å². The number of halogens is 2. The van der Waals surface area contributed by atoms with Crippen LogP contribution in [-0.2, 0) is 12.0 Å². The lowest BCUT2D eigenvalue weighted by Gasteiger charge is -2.28. The molecule has 3 aromatic rings. The van der Waals surface area contributed by atoms with Crippen molar-refractivity contribution in [3.05, 3.63) is 81.9 Å². The van der Waals surface area contributed by atoms with Crippen LogP contribution in [0.5, 0.6) is 11.5 Å². The Labute approximate surface area is 222 Å². The van der Waals surface area contributed by atoms with Crippen LogP contribution in [0.1, 0.15) is 30.7 Å². The summed E-state index contributed by atoms with van der Waals surface area (Å²) >= 11 is 12.2. The number of ether oxygens (including phenoxy) is 2. The zero-order chi connectivity index (χ0) is 25.5. The predicted molar refractivity (Wildman–Crippen MR) is 144 cm³/mol. The minimum absolute atomic E-state index is 0.292. The monoisotopic (exact) mass is 525 g/mol. The first-order chi connectivity index (χ1) is 17.4. The van der Waals surface area contributed by atoms with E-state index in [0.717, 1.165) is 54.7 Å². The van der Waals surface area contributed by atoms with Crippen molar-refractivity contribution in [1.29, 1.82) is 0 Å². The van der Waals surface area contributed by atoms with Crippen LogP contribution in [0.2, 0.25) is 5.02 Å². The van der Waals surface area contributed by atoms with Gasteiger partial charge in [-0.15, -0.1) is 11.6 Å². The van der Waals surface area contributed by atoms with Crippen molar-refractivity contribution < 1.29 is 9.47 Å². The number of alkyl halides is 1. The lowest BCUT2D eigenvalue weighted by Crippen LogP contribution is -2.44. The van der Waals surface area contributed by atoms with Crippen LogP contribution in [-0.4, -0.2) is 48.6 Å². The van der Waals surface area contributed by atoms with Gasteiger partial charge in [0, 0.05) is 37.8 Å². The van der Waals surface area contributed by atoms with Gasteiger partial charge < -0.3 is 19.7 Å². The Balaban J connectivity index is 1.45. The summed E-state index contributed by atoms with van der Waals surface area (Å²) in [6.07, 6.45) is 1.78. The number of piperazine rings is 1. The largest absolute Gasteiger partial charge is 0.502 e. The van der Waals surface area contributed by atoms with E-state index < -0.39 is 5.41 Å². The molecule has 2 heterocycles. The maximum atomic E-state index is 7.56. The summed E-state index contributed by atoms with van der Waals surface area (Å²) in [6.45, 7) is 16.1. The van der Waals surface area contributed by atoms with E-state index in [9.17, 15) is 0 Å². The zero-order valence-corrected chi connectivity index (χ0v) is 21.9. The summed E-state index contributed by atoms with van der Waals surface area (Å²) in [5.41, 5.74) is 2.81. The maximum Gasteiger partial charge on any atom is 0.229 e. The Morgan fingerprint density at radius 3 is 2.53 bits per heavy atom. The SMILES string of the molecule is [C-]#[N+]c1cc(C(C)(C)c2ccc(OCc3ccnc(N4CCNCC4)n3)cc2)cc(Cl)c1OCCCl. The highest BCUT2D eigenvalue weighted by Crippen LogP contribution is 2.42. The molecule has 0 atom stereocenters. The number of nitrogens with zero attached hydrogens (tertiary/aromatic N) is 4. The number of aromatic nitrogens is 2. The van der Waals surface area contributed by atoms with E-state index in [0.29, 0.717) is 35.6 Å². The van der Waals surface area contributed by atoms with Gasteiger partial charge in [-0.05, 0) is 41.5 Å². The van der Waals surface area contributed by atoms with E-state index in [4.69, 9.17) is 39.2 Å². The first-order valence-electron chi connectivity index (χ1n) is 11.8. The Morgan fingerprint density at radius 2 is 1.83 bits per heavy atom. The van der Waals surface area contributed by atoms with Crippen molar-refractivity contribution in [2.75, 3.05) is 43.6 Å². The summed E-state index contributed by atoms with van der Waals surface area (Å²) < 4.78 is 11.6. The van der Waals surface area contributed by atoms with Crippen molar-refractivity contribution in [2.45, 2.75) is 25.9 Å². The molecule has 1 N–H and O–H groups in total.